The summed E-state index contributed by atoms with van der Waals surface area (Å²) in [5, 5.41) is 7.66. The van der Waals surface area contributed by atoms with Gasteiger partial charge in [0.1, 0.15) is 5.82 Å². The number of aromatic nitrogens is 2. The third-order valence-corrected chi connectivity index (χ3v) is 3.54. The fraction of sp³-hybridized carbons (Fsp3) is 0.357. The Morgan fingerprint density at radius 1 is 1.47 bits per heavy atom. The van der Waals surface area contributed by atoms with Crippen molar-refractivity contribution in [2.45, 2.75) is 26.1 Å². The van der Waals surface area contributed by atoms with Crippen LogP contribution in [0.25, 0.3) is 11.1 Å². The van der Waals surface area contributed by atoms with Gasteiger partial charge in [-0.05, 0) is 18.6 Å². The average Bonchev–Trinajstić information content (AvgIpc) is 2.82. The smallest absolute Gasteiger partial charge is 0.128 e. The fourth-order valence-corrected chi connectivity index (χ4v) is 2.49. The Labute approximate surface area is 111 Å². The van der Waals surface area contributed by atoms with Gasteiger partial charge >= 0.3 is 0 Å². The van der Waals surface area contributed by atoms with Crippen LogP contribution in [0.2, 0.25) is 0 Å². The molecule has 2 heterocycles. The molecule has 5 heteroatoms. The van der Waals surface area contributed by atoms with E-state index in [2.05, 4.69) is 10.4 Å². The molecule has 2 aromatic rings. The van der Waals surface area contributed by atoms with Crippen LogP contribution in [-0.2, 0) is 13.1 Å². The molecule has 0 spiro atoms. The second-order valence-corrected chi connectivity index (χ2v) is 4.93. The number of nitrogens with zero attached hydrogens (tertiary/aromatic N) is 2. The molecule has 3 rings (SSSR count). The third kappa shape index (κ3) is 2.15. The minimum atomic E-state index is -0.295. The highest BCUT2D eigenvalue weighted by Crippen LogP contribution is 2.27. The number of fused-ring (bicyclic) bond motifs is 1. The van der Waals surface area contributed by atoms with E-state index in [0.29, 0.717) is 5.56 Å². The van der Waals surface area contributed by atoms with E-state index < -0.39 is 0 Å². The SMILES string of the molecule is CC(N)c1ccc(-c2cnn3c2CNCC3)cc1F. The van der Waals surface area contributed by atoms with E-state index in [9.17, 15) is 4.39 Å². The highest BCUT2D eigenvalue weighted by molar-refractivity contribution is 5.66. The second-order valence-electron chi connectivity index (χ2n) is 4.93. The van der Waals surface area contributed by atoms with E-state index in [0.717, 1.165) is 36.5 Å². The van der Waals surface area contributed by atoms with Gasteiger partial charge in [-0.1, -0.05) is 12.1 Å². The highest BCUT2D eigenvalue weighted by Gasteiger charge is 2.17. The van der Waals surface area contributed by atoms with E-state index in [-0.39, 0.29) is 11.9 Å². The van der Waals surface area contributed by atoms with Gasteiger partial charge in [-0.3, -0.25) is 4.68 Å². The van der Waals surface area contributed by atoms with Crippen molar-refractivity contribution in [2.24, 2.45) is 5.73 Å². The molecule has 1 unspecified atom stereocenters. The normalized spacial score (nSPS) is 16.2. The lowest BCUT2D eigenvalue weighted by Crippen LogP contribution is -2.28. The first-order chi connectivity index (χ1) is 9.16. The van der Waals surface area contributed by atoms with Gasteiger partial charge in [0.05, 0.1) is 18.4 Å². The van der Waals surface area contributed by atoms with E-state index in [1.165, 1.54) is 0 Å². The minimum absolute atomic E-state index is 0.254. The van der Waals surface area contributed by atoms with Crippen molar-refractivity contribution < 1.29 is 4.39 Å². The third-order valence-electron chi connectivity index (χ3n) is 3.54. The number of nitrogens with one attached hydrogen (secondary N) is 1. The largest absolute Gasteiger partial charge is 0.324 e. The van der Waals surface area contributed by atoms with Crippen molar-refractivity contribution in [1.29, 1.82) is 0 Å². The maximum Gasteiger partial charge on any atom is 0.128 e. The maximum absolute atomic E-state index is 14.0. The number of nitrogens with two attached hydrogens (primary N) is 1. The molecule has 0 saturated carbocycles. The summed E-state index contributed by atoms with van der Waals surface area (Å²) in [7, 11) is 0. The van der Waals surface area contributed by atoms with Crippen molar-refractivity contribution in [1.82, 2.24) is 15.1 Å². The topological polar surface area (TPSA) is 55.9 Å². The van der Waals surface area contributed by atoms with E-state index in [1.807, 2.05) is 16.9 Å². The monoisotopic (exact) mass is 260 g/mol. The number of hydrogen-bond acceptors (Lipinski definition) is 3. The molecule has 1 aromatic heterocycles. The van der Waals surface area contributed by atoms with Gasteiger partial charge in [-0.25, -0.2) is 4.39 Å². The van der Waals surface area contributed by atoms with Crippen LogP contribution in [0, 0.1) is 5.82 Å². The molecule has 4 nitrogen and oxygen atoms in total. The Morgan fingerprint density at radius 3 is 3.05 bits per heavy atom. The van der Waals surface area contributed by atoms with E-state index >= 15 is 0 Å². The molecule has 0 amide bonds. The zero-order valence-electron chi connectivity index (χ0n) is 10.9. The summed E-state index contributed by atoms with van der Waals surface area (Å²) in [6.07, 6.45) is 1.81. The van der Waals surface area contributed by atoms with Crippen molar-refractivity contribution in [3.63, 3.8) is 0 Å². The molecule has 0 saturated heterocycles. The second kappa shape index (κ2) is 4.75. The van der Waals surface area contributed by atoms with Crippen molar-refractivity contribution in [2.75, 3.05) is 6.54 Å². The van der Waals surface area contributed by atoms with Crippen molar-refractivity contribution >= 4 is 0 Å². The summed E-state index contributed by atoms with van der Waals surface area (Å²) in [5.74, 6) is -0.254. The highest BCUT2D eigenvalue weighted by atomic mass is 19.1. The minimum Gasteiger partial charge on any atom is -0.324 e. The van der Waals surface area contributed by atoms with Crippen LogP contribution in [0.1, 0.15) is 24.2 Å². The fourth-order valence-electron chi connectivity index (χ4n) is 2.49. The summed E-state index contributed by atoms with van der Waals surface area (Å²) in [6, 6.07) is 4.92. The number of halogens is 1. The molecule has 19 heavy (non-hydrogen) atoms. The standard InChI is InChI=1S/C14H17FN4/c1-9(16)11-3-2-10(6-13(11)15)12-7-18-19-5-4-17-8-14(12)19/h2-3,6-7,9,17H,4-5,8,16H2,1H3. The average molecular weight is 260 g/mol. The van der Waals surface area contributed by atoms with Gasteiger partial charge < -0.3 is 11.1 Å². The van der Waals surface area contributed by atoms with Crippen LogP contribution in [0.5, 0.6) is 0 Å². The molecule has 0 fully saturated rings. The molecule has 3 N–H and O–H groups in total. The zero-order chi connectivity index (χ0) is 13.4. The van der Waals surface area contributed by atoms with Gasteiger partial charge in [0.25, 0.3) is 0 Å². The van der Waals surface area contributed by atoms with Gasteiger partial charge in [-0.2, -0.15) is 5.10 Å². The molecule has 100 valence electrons. The van der Waals surface area contributed by atoms with Gasteiger partial charge in [0.2, 0.25) is 0 Å². The molecule has 1 aliphatic heterocycles. The molecular weight excluding hydrogens is 243 g/mol. The maximum atomic E-state index is 14.0. The van der Waals surface area contributed by atoms with Crippen LogP contribution in [0.15, 0.2) is 24.4 Å². The van der Waals surface area contributed by atoms with Crippen LogP contribution < -0.4 is 11.1 Å². The van der Waals surface area contributed by atoms with E-state index in [1.54, 1.807) is 19.1 Å². The lowest BCUT2D eigenvalue weighted by atomic mass is 10.0. The molecule has 0 aliphatic carbocycles. The molecular formula is C14H17FN4. The molecule has 1 aliphatic rings. The summed E-state index contributed by atoms with van der Waals surface area (Å²) >= 11 is 0. The van der Waals surface area contributed by atoms with Crippen LogP contribution in [0.4, 0.5) is 4.39 Å². The molecule has 1 aromatic carbocycles. The van der Waals surface area contributed by atoms with Crippen molar-refractivity contribution in [3.8, 4) is 11.1 Å². The number of benzene rings is 1. The predicted molar refractivity (Wildman–Crippen MR) is 71.9 cm³/mol. The quantitative estimate of drug-likeness (QED) is 0.866. The van der Waals surface area contributed by atoms with Gasteiger partial charge in [0, 0.05) is 30.3 Å². The Hall–Kier alpha value is -1.72. The summed E-state index contributed by atoms with van der Waals surface area (Å²) in [6.45, 7) is 4.33. The summed E-state index contributed by atoms with van der Waals surface area (Å²) < 4.78 is 16.0. The Kier molecular flexibility index (Phi) is 3.08. The molecule has 1 atom stereocenters. The molecule has 0 bridgehead atoms. The Balaban J connectivity index is 2.03. The Morgan fingerprint density at radius 2 is 2.32 bits per heavy atom. The molecule has 0 radical (unpaired) electrons. The number of hydrogen-bond donors (Lipinski definition) is 2. The van der Waals surface area contributed by atoms with Crippen LogP contribution in [-0.4, -0.2) is 16.3 Å². The van der Waals surface area contributed by atoms with E-state index in [4.69, 9.17) is 5.73 Å². The Bertz CT molecular complexity index is 603. The first kappa shape index (κ1) is 12.3. The van der Waals surface area contributed by atoms with Crippen LogP contribution in [0.3, 0.4) is 0 Å². The lowest BCUT2D eigenvalue weighted by molar-refractivity contribution is 0.476. The first-order valence-electron chi connectivity index (χ1n) is 6.47. The zero-order valence-corrected chi connectivity index (χ0v) is 10.9. The summed E-state index contributed by atoms with van der Waals surface area (Å²) in [4.78, 5) is 0. The van der Waals surface area contributed by atoms with Gasteiger partial charge in [0.15, 0.2) is 0 Å². The first-order valence-corrected chi connectivity index (χ1v) is 6.47. The van der Waals surface area contributed by atoms with Crippen molar-refractivity contribution in [3.05, 3.63) is 41.5 Å². The summed E-state index contributed by atoms with van der Waals surface area (Å²) in [5.41, 5.74) is 9.22. The van der Waals surface area contributed by atoms with Gasteiger partial charge in [-0.15, -0.1) is 0 Å². The number of rotatable bonds is 2. The predicted octanol–water partition coefficient (Wildman–Crippen LogP) is 1.81. The van der Waals surface area contributed by atoms with Crippen LogP contribution >= 0.6 is 0 Å². The lowest BCUT2D eigenvalue weighted by Gasteiger charge is -2.16.